The maximum absolute atomic E-state index is 11.8. The quantitative estimate of drug-likeness (QED) is 0.879. The molecule has 1 aromatic heterocycles. The number of fused-ring (bicyclic) bond motifs is 3. The van der Waals surface area contributed by atoms with Gasteiger partial charge >= 0.3 is 0 Å². The molecule has 4 rings (SSSR count). The predicted molar refractivity (Wildman–Crippen MR) is 93.4 cm³/mol. The number of benzene rings is 1. The predicted octanol–water partition coefficient (Wildman–Crippen LogP) is 1.28. The Balaban J connectivity index is 1.61. The largest absolute Gasteiger partial charge is 0.381 e. The minimum atomic E-state index is -3.24. The van der Waals surface area contributed by atoms with E-state index in [1.54, 1.807) is 12.1 Å². The second-order valence-electron chi connectivity index (χ2n) is 6.78. The van der Waals surface area contributed by atoms with Crippen LogP contribution in [0.25, 0.3) is 11.0 Å². The third-order valence-corrected chi connectivity index (χ3v) is 6.04. The summed E-state index contributed by atoms with van der Waals surface area (Å²) in [5.74, 6) is 0.852. The molecule has 0 amide bonds. The van der Waals surface area contributed by atoms with Crippen molar-refractivity contribution in [2.45, 2.75) is 36.4 Å². The van der Waals surface area contributed by atoms with E-state index in [2.05, 4.69) is 14.9 Å². The number of aromatic nitrogens is 2. The summed E-state index contributed by atoms with van der Waals surface area (Å²) in [4.78, 5) is 4.90. The van der Waals surface area contributed by atoms with Gasteiger partial charge in [-0.3, -0.25) is 0 Å². The Kier molecular flexibility index (Phi) is 4.53. The molecule has 0 saturated carbocycles. The highest BCUT2D eigenvalue weighted by Gasteiger charge is 2.25. The molecule has 1 unspecified atom stereocenters. The highest BCUT2D eigenvalue weighted by molar-refractivity contribution is 7.90. The van der Waals surface area contributed by atoms with Gasteiger partial charge in [-0.15, -0.1) is 0 Å². The van der Waals surface area contributed by atoms with Gasteiger partial charge in [-0.1, -0.05) is 0 Å². The third-order valence-electron chi connectivity index (χ3n) is 4.93. The van der Waals surface area contributed by atoms with E-state index >= 15 is 0 Å². The van der Waals surface area contributed by atoms with Gasteiger partial charge in [0, 0.05) is 32.1 Å². The zero-order valence-electron chi connectivity index (χ0n) is 14.3. The molecular formula is C17H23N3O4S. The van der Waals surface area contributed by atoms with Gasteiger partial charge in [-0.2, -0.15) is 0 Å². The topological polar surface area (TPSA) is 82.5 Å². The fraction of sp³-hybridized carbons (Fsp3) is 0.588. The number of rotatable bonds is 4. The number of hydrogen-bond donors (Lipinski definition) is 1. The molecule has 2 aliphatic rings. The molecule has 2 aromatic rings. The van der Waals surface area contributed by atoms with E-state index in [9.17, 15) is 8.42 Å². The first-order valence-electron chi connectivity index (χ1n) is 8.62. The minimum absolute atomic E-state index is 0.153. The summed E-state index contributed by atoms with van der Waals surface area (Å²) in [7, 11) is -3.24. The van der Waals surface area contributed by atoms with Crippen molar-refractivity contribution < 1.29 is 17.9 Å². The third kappa shape index (κ3) is 3.44. The highest BCUT2D eigenvalue weighted by atomic mass is 32.2. The van der Waals surface area contributed by atoms with Gasteiger partial charge in [0.1, 0.15) is 12.4 Å². The maximum Gasteiger partial charge on any atom is 0.175 e. The molecule has 3 heterocycles. The van der Waals surface area contributed by atoms with Crippen molar-refractivity contribution in [3.05, 3.63) is 24.0 Å². The molecule has 7 nitrogen and oxygen atoms in total. The van der Waals surface area contributed by atoms with Crippen molar-refractivity contribution in [3.63, 3.8) is 0 Å². The molecule has 1 aromatic carbocycles. The molecule has 1 fully saturated rings. The van der Waals surface area contributed by atoms with Crippen molar-refractivity contribution in [2.24, 2.45) is 0 Å². The Bertz CT molecular complexity index is 871. The minimum Gasteiger partial charge on any atom is -0.381 e. The summed E-state index contributed by atoms with van der Waals surface area (Å²) >= 11 is 0. The van der Waals surface area contributed by atoms with Crippen LogP contribution in [0.2, 0.25) is 0 Å². The molecule has 136 valence electrons. The van der Waals surface area contributed by atoms with Crippen LogP contribution in [-0.2, 0) is 25.9 Å². The lowest BCUT2D eigenvalue weighted by Gasteiger charge is -2.30. The molecule has 0 aliphatic carbocycles. The van der Waals surface area contributed by atoms with Crippen molar-refractivity contribution in [3.8, 4) is 0 Å². The van der Waals surface area contributed by atoms with Crippen LogP contribution in [0.4, 0.5) is 0 Å². The number of sulfone groups is 1. The zero-order chi connectivity index (χ0) is 17.4. The number of nitrogens with zero attached hydrogens (tertiary/aromatic N) is 2. The number of ether oxygens (including phenoxy) is 2. The van der Waals surface area contributed by atoms with Crippen LogP contribution in [0.5, 0.6) is 0 Å². The smallest absolute Gasteiger partial charge is 0.175 e. The fourth-order valence-corrected chi connectivity index (χ4v) is 4.22. The summed E-state index contributed by atoms with van der Waals surface area (Å²) in [5.41, 5.74) is 1.67. The van der Waals surface area contributed by atoms with Gasteiger partial charge < -0.3 is 19.4 Å². The normalized spacial score (nSPS) is 22.2. The van der Waals surface area contributed by atoms with Crippen molar-refractivity contribution in [1.29, 1.82) is 0 Å². The van der Waals surface area contributed by atoms with Crippen LogP contribution in [0.3, 0.4) is 0 Å². The lowest BCUT2D eigenvalue weighted by molar-refractivity contribution is 0.0491. The Labute approximate surface area is 147 Å². The van der Waals surface area contributed by atoms with Crippen molar-refractivity contribution in [1.82, 2.24) is 14.9 Å². The molecule has 1 N–H and O–H groups in total. The van der Waals surface area contributed by atoms with E-state index in [1.807, 2.05) is 6.07 Å². The second-order valence-corrected chi connectivity index (χ2v) is 8.80. The first-order chi connectivity index (χ1) is 12.0. The van der Waals surface area contributed by atoms with E-state index in [-0.39, 0.29) is 6.04 Å². The van der Waals surface area contributed by atoms with Crippen molar-refractivity contribution in [2.75, 3.05) is 32.6 Å². The molecule has 0 spiro atoms. The van der Waals surface area contributed by atoms with E-state index < -0.39 is 9.84 Å². The van der Waals surface area contributed by atoms with Gasteiger partial charge in [0.2, 0.25) is 0 Å². The summed E-state index contributed by atoms with van der Waals surface area (Å²) < 4.78 is 36.9. The second kappa shape index (κ2) is 6.68. The first-order valence-corrected chi connectivity index (χ1v) is 10.5. The lowest BCUT2D eigenvalue weighted by Crippen LogP contribution is -2.40. The van der Waals surface area contributed by atoms with Gasteiger partial charge in [-0.05, 0) is 31.0 Å². The monoisotopic (exact) mass is 365 g/mol. The van der Waals surface area contributed by atoms with Crippen LogP contribution in [0.1, 0.15) is 24.7 Å². The Morgan fingerprint density at radius 2 is 2.08 bits per heavy atom. The number of imidazole rings is 1. The highest BCUT2D eigenvalue weighted by Crippen LogP contribution is 2.27. The molecule has 0 radical (unpaired) electrons. The van der Waals surface area contributed by atoms with E-state index in [0.717, 1.165) is 43.9 Å². The number of nitrogens with one attached hydrogen (secondary N) is 1. The Morgan fingerprint density at radius 3 is 2.84 bits per heavy atom. The van der Waals surface area contributed by atoms with Crippen LogP contribution in [-0.4, -0.2) is 56.6 Å². The first kappa shape index (κ1) is 17.0. The molecule has 25 heavy (non-hydrogen) atoms. The molecule has 2 aliphatic heterocycles. The van der Waals surface area contributed by atoms with Crippen LogP contribution < -0.4 is 5.32 Å². The summed E-state index contributed by atoms with van der Waals surface area (Å²) in [5, 5.41) is 3.62. The van der Waals surface area contributed by atoms with Gasteiger partial charge in [0.15, 0.2) is 9.84 Å². The molecular weight excluding hydrogens is 342 g/mol. The van der Waals surface area contributed by atoms with Crippen molar-refractivity contribution >= 4 is 20.9 Å². The van der Waals surface area contributed by atoms with Gasteiger partial charge in [0.05, 0.1) is 28.6 Å². The van der Waals surface area contributed by atoms with Gasteiger partial charge in [-0.25, -0.2) is 13.4 Å². The van der Waals surface area contributed by atoms with Gasteiger partial charge in [0.25, 0.3) is 0 Å². The summed E-state index contributed by atoms with van der Waals surface area (Å²) in [6.07, 6.45) is 3.28. The molecule has 0 bridgehead atoms. The Morgan fingerprint density at radius 1 is 1.28 bits per heavy atom. The molecule has 8 heteroatoms. The summed E-state index contributed by atoms with van der Waals surface area (Å²) in [6.45, 7) is 3.51. The standard InChI is InChI=1S/C17H23N3O4S/c1-25(21,22)14-2-3-16-15(8-14)19-17-11-24-10-13(20(16)17)9-18-12-4-6-23-7-5-12/h2-3,8,12-13,18H,4-7,9-11H2,1H3. The number of hydrogen-bond acceptors (Lipinski definition) is 6. The average Bonchev–Trinajstić information content (AvgIpc) is 2.98. The fourth-order valence-electron chi connectivity index (χ4n) is 3.58. The van der Waals surface area contributed by atoms with E-state index in [1.165, 1.54) is 6.26 Å². The maximum atomic E-state index is 11.8. The van der Waals surface area contributed by atoms with E-state index in [0.29, 0.717) is 29.7 Å². The van der Waals surface area contributed by atoms with Crippen LogP contribution in [0, 0.1) is 0 Å². The zero-order valence-corrected chi connectivity index (χ0v) is 15.1. The van der Waals surface area contributed by atoms with Crippen LogP contribution >= 0.6 is 0 Å². The Hall–Kier alpha value is -1.48. The lowest BCUT2D eigenvalue weighted by atomic mass is 10.1. The molecule has 1 atom stereocenters. The SMILES string of the molecule is CS(=O)(=O)c1ccc2c(c1)nc1n2C(CNC2CCOCC2)COC1. The summed E-state index contributed by atoms with van der Waals surface area (Å²) in [6, 6.07) is 5.80. The van der Waals surface area contributed by atoms with E-state index in [4.69, 9.17) is 9.47 Å². The van der Waals surface area contributed by atoms with Crippen LogP contribution in [0.15, 0.2) is 23.1 Å². The average molecular weight is 365 g/mol. The molecule has 1 saturated heterocycles.